The molecule has 496 valence electrons. The molecule has 0 amide bonds. The predicted octanol–water partition coefficient (Wildman–Crippen LogP) is 24.7. The molecule has 0 saturated carbocycles. The highest BCUT2D eigenvalue weighted by Gasteiger charge is 2.50. The van der Waals surface area contributed by atoms with Gasteiger partial charge in [-0.05, 0) is 299 Å². The van der Waals surface area contributed by atoms with Crippen molar-refractivity contribution in [3.05, 3.63) is 397 Å². The van der Waals surface area contributed by atoms with Crippen molar-refractivity contribution in [1.29, 1.82) is 0 Å². The number of allylic oxidation sites excluding steroid dienone is 4. The van der Waals surface area contributed by atoms with Gasteiger partial charge in [0.15, 0.2) is 0 Å². The second kappa shape index (κ2) is 24.6. The highest BCUT2D eigenvalue weighted by atomic mass is 19.1. The van der Waals surface area contributed by atoms with Crippen LogP contribution in [0.2, 0.25) is 0 Å². The van der Waals surface area contributed by atoms with Crippen LogP contribution in [0.15, 0.2) is 285 Å². The number of fused-ring (bicyclic) bond motifs is 7. The Hall–Kier alpha value is -11.7. The first-order valence-electron chi connectivity index (χ1n) is 35.2. The number of nitrogens with zero attached hydrogens (tertiary/aromatic N) is 2. The Kier molecular flexibility index (Phi) is 15.1. The summed E-state index contributed by atoms with van der Waals surface area (Å²) in [4.78, 5) is 3.75. The summed E-state index contributed by atoms with van der Waals surface area (Å²) in [6.45, 7) is 8.62. The van der Waals surface area contributed by atoms with Gasteiger partial charge in [-0.15, -0.1) is 0 Å². The molecular weight excluding hydrogens is 1270 g/mol. The zero-order valence-corrected chi connectivity index (χ0v) is 57.0. The third-order valence-electron chi connectivity index (χ3n) is 22.1. The van der Waals surface area contributed by atoms with Crippen LogP contribution in [0.25, 0.3) is 27.8 Å². The molecule has 102 heavy (non-hydrogen) atoms. The molecule has 0 heterocycles. The molecule has 0 fully saturated rings. The minimum absolute atomic E-state index is 0.176. The average molecular weight is 1340 g/mol. The van der Waals surface area contributed by atoms with Crippen molar-refractivity contribution in [3.8, 4) is 45.3 Å². The molecule has 13 aromatic carbocycles. The largest absolute Gasteiger partial charge is 0.457 e. The highest BCUT2D eigenvalue weighted by molar-refractivity contribution is 5.94. The molecule has 0 bridgehead atoms. The Morgan fingerprint density at radius 1 is 0.333 bits per heavy atom. The normalized spacial score (nSPS) is 16.4. The number of ether oxygens (including phenoxy) is 2. The lowest BCUT2D eigenvalue weighted by atomic mass is 9.64. The Morgan fingerprint density at radius 2 is 0.784 bits per heavy atom. The number of hydrogen-bond acceptors (Lipinski definition) is 4. The summed E-state index contributed by atoms with van der Waals surface area (Å²) in [7, 11) is 0. The van der Waals surface area contributed by atoms with Crippen LogP contribution in [-0.4, -0.2) is 0 Å². The minimum Gasteiger partial charge on any atom is -0.457 e. The van der Waals surface area contributed by atoms with E-state index in [-0.39, 0.29) is 11.4 Å². The second-order valence-electron chi connectivity index (χ2n) is 28.0. The predicted molar refractivity (Wildman–Crippen MR) is 403 cm³/mol. The lowest BCUT2D eigenvalue weighted by Gasteiger charge is -2.38. The number of anilines is 6. The molecule has 0 radical (unpaired) electrons. The van der Waals surface area contributed by atoms with Crippen LogP contribution in [0.5, 0.6) is 23.0 Å². The molecule has 4 nitrogen and oxygen atoms in total. The summed E-state index contributed by atoms with van der Waals surface area (Å²) in [6, 6.07) is 87.9. The summed E-state index contributed by atoms with van der Waals surface area (Å²) >= 11 is 0. The van der Waals surface area contributed by atoms with Crippen molar-refractivity contribution < 1.29 is 27.0 Å². The molecule has 18 rings (SSSR count). The van der Waals surface area contributed by atoms with Gasteiger partial charge in [0.1, 0.15) is 46.3 Å². The molecule has 5 aliphatic carbocycles. The molecule has 0 aromatic heterocycles. The summed E-state index contributed by atoms with van der Waals surface area (Å²) in [5, 5.41) is 0. The minimum atomic E-state index is -0.834. The first-order chi connectivity index (χ1) is 49.8. The van der Waals surface area contributed by atoms with Crippen molar-refractivity contribution in [1.82, 2.24) is 0 Å². The summed E-state index contributed by atoms with van der Waals surface area (Å²) in [5.74, 6) is 0.331. The van der Waals surface area contributed by atoms with E-state index < -0.39 is 34.1 Å². The van der Waals surface area contributed by atoms with Crippen molar-refractivity contribution in [2.45, 2.75) is 77.0 Å². The fraction of sp³-hybridized carbons (Fsp3) is 0.128. The number of rotatable bonds is 15. The number of benzene rings is 13. The van der Waals surface area contributed by atoms with Crippen molar-refractivity contribution in [2.24, 2.45) is 0 Å². The smallest absolute Gasteiger partial charge is 0.150 e. The van der Waals surface area contributed by atoms with Gasteiger partial charge in [0, 0.05) is 34.9 Å². The van der Waals surface area contributed by atoms with Crippen LogP contribution in [0, 0.1) is 51.0 Å². The molecular formula is C94H70F4N2O2. The molecule has 5 aliphatic rings. The van der Waals surface area contributed by atoms with Crippen molar-refractivity contribution >= 4 is 39.7 Å². The van der Waals surface area contributed by atoms with Crippen LogP contribution in [-0.2, 0) is 36.5 Å². The maximum atomic E-state index is 16.8. The van der Waals surface area contributed by atoms with E-state index in [0.717, 1.165) is 157 Å². The number of aryl methyl sites for hydroxylation is 8. The second-order valence-corrected chi connectivity index (χ2v) is 28.0. The molecule has 0 N–H and O–H groups in total. The quantitative estimate of drug-likeness (QED) is 0.0955. The monoisotopic (exact) mass is 1330 g/mol. The maximum Gasteiger partial charge on any atom is 0.150 e. The van der Waals surface area contributed by atoms with Crippen LogP contribution in [0.1, 0.15) is 102 Å². The van der Waals surface area contributed by atoms with Gasteiger partial charge >= 0.3 is 0 Å². The first-order valence-corrected chi connectivity index (χ1v) is 35.2. The zero-order chi connectivity index (χ0) is 69.1. The molecule has 0 saturated heterocycles. The summed E-state index contributed by atoms with van der Waals surface area (Å²) in [5.41, 5.74) is 26.5. The van der Waals surface area contributed by atoms with E-state index in [0.29, 0.717) is 22.7 Å². The van der Waals surface area contributed by atoms with Crippen LogP contribution >= 0.6 is 0 Å². The standard InChI is InChI=1S/C94H70F4N2O2/c1-57-13-15-59(3)85(49-57)93(67-27-41-75(42-28-67)101-77-39-25-63-17-19-65(63)51-77)83-11-7-5-9-79(83)81-45-37-73(55-87(81)93)99(91-47-31-69(95)53-89(91)97)71-33-21-61(22-34-71)62-23-35-72(36-24-62)100(92-48-32-70(96)54-90(92)98)74-38-46-82-80-10-6-8-12-84(80)94(88(82)56-74,86-50-58(2)14-16-60(86)4)68-29-43-76(44-30-68)102-78-40-26-64-18-20-66(64)52-78/h5-7,9-11,13-16,21-56H,8,12,17-20H2,1-4H3. The fourth-order valence-electron chi connectivity index (χ4n) is 17.0. The Morgan fingerprint density at radius 3 is 1.28 bits per heavy atom. The Balaban J connectivity index is 0.724. The Labute approximate surface area is 592 Å². The topological polar surface area (TPSA) is 24.9 Å². The summed E-state index contributed by atoms with van der Waals surface area (Å²) in [6.07, 6.45) is 10.6. The van der Waals surface area contributed by atoms with Crippen molar-refractivity contribution in [3.63, 3.8) is 0 Å². The first kappa shape index (κ1) is 62.5. The molecule has 2 unspecified atom stereocenters. The van der Waals surface area contributed by atoms with Crippen LogP contribution in [0.3, 0.4) is 0 Å². The molecule has 0 aliphatic heterocycles. The number of hydrogen-bond donors (Lipinski definition) is 0. The molecule has 8 heteroatoms. The van der Waals surface area contributed by atoms with Crippen molar-refractivity contribution in [2.75, 3.05) is 9.80 Å². The van der Waals surface area contributed by atoms with Gasteiger partial charge in [0.2, 0.25) is 0 Å². The van der Waals surface area contributed by atoms with Crippen LogP contribution < -0.4 is 19.3 Å². The van der Waals surface area contributed by atoms with E-state index in [1.54, 1.807) is 0 Å². The molecule has 13 aromatic rings. The van der Waals surface area contributed by atoms with Gasteiger partial charge in [-0.1, -0.05) is 157 Å². The third-order valence-corrected chi connectivity index (χ3v) is 22.1. The lowest BCUT2D eigenvalue weighted by Crippen LogP contribution is -2.31. The van der Waals surface area contributed by atoms with Gasteiger partial charge in [-0.25, -0.2) is 17.6 Å². The average Bonchev–Trinajstić information content (AvgIpc) is 1.53. The van der Waals surface area contributed by atoms with Gasteiger partial charge in [-0.2, -0.15) is 0 Å². The zero-order valence-electron chi connectivity index (χ0n) is 57.0. The summed E-state index contributed by atoms with van der Waals surface area (Å²) < 4.78 is 76.9. The molecule has 0 spiro atoms. The van der Waals surface area contributed by atoms with E-state index in [9.17, 15) is 0 Å². The van der Waals surface area contributed by atoms with Gasteiger partial charge in [-0.3, -0.25) is 0 Å². The highest BCUT2D eigenvalue weighted by Crippen LogP contribution is 2.61. The van der Waals surface area contributed by atoms with E-state index in [1.165, 1.54) is 63.2 Å². The molecule has 2 atom stereocenters. The van der Waals surface area contributed by atoms with E-state index in [4.69, 9.17) is 9.47 Å². The third kappa shape index (κ3) is 10.2. The van der Waals surface area contributed by atoms with Gasteiger partial charge in [0.25, 0.3) is 0 Å². The van der Waals surface area contributed by atoms with E-state index in [1.807, 2.05) is 76.5 Å². The number of halogens is 4. The SMILES string of the molecule is Cc1ccc(C)c(C2(c3ccc(Oc4ccc5c(c4)CC5)cc3)C3=C(C=CCC3)c3ccc(N(c4ccc(-c5ccc(N(c6ccc7c(c6)C(c6ccc(Oc8ccc9c(c8)CC9)cc6)(c6cc(C)ccc6C)c6ccccc6-7)c6ccc(F)cc6F)cc5)cc4)c4ccc(F)cc4F)cc32)c1. The fourth-order valence-corrected chi connectivity index (χ4v) is 17.0. The van der Waals surface area contributed by atoms with Crippen LogP contribution in [0.4, 0.5) is 51.7 Å². The van der Waals surface area contributed by atoms with E-state index in [2.05, 4.69) is 204 Å². The van der Waals surface area contributed by atoms with E-state index >= 15 is 17.6 Å². The maximum absolute atomic E-state index is 16.8. The van der Waals surface area contributed by atoms with Gasteiger partial charge in [0.05, 0.1) is 22.2 Å². The van der Waals surface area contributed by atoms with Gasteiger partial charge < -0.3 is 19.3 Å². The lowest BCUT2D eigenvalue weighted by molar-refractivity contribution is 0.480. The Bertz CT molecular complexity index is 5640.